The summed E-state index contributed by atoms with van der Waals surface area (Å²) in [6.07, 6.45) is -0.570. The third-order valence-electron chi connectivity index (χ3n) is 3.30. The monoisotopic (exact) mass is 318 g/mol. The highest BCUT2D eigenvalue weighted by atomic mass is 16.7. The maximum atomic E-state index is 12.0. The molecule has 1 aliphatic rings. The van der Waals surface area contributed by atoms with Crippen LogP contribution in [-0.2, 0) is 28.4 Å². The van der Waals surface area contributed by atoms with Crippen molar-refractivity contribution in [3.8, 4) is 0 Å². The van der Waals surface area contributed by atoms with Crippen molar-refractivity contribution in [1.82, 2.24) is 0 Å². The SMILES string of the molecule is C=Cc1ccc(B2O[C@H](C(=O)OCC)[C@@H](C(=O)OCC)O2)cc1. The smallest absolute Gasteiger partial charge is 0.464 e. The summed E-state index contributed by atoms with van der Waals surface area (Å²) < 4.78 is 21.1. The number of carbonyl (C=O) groups excluding carboxylic acids is 2. The summed E-state index contributed by atoms with van der Waals surface area (Å²) >= 11 is 0. The fraction of sp³-hybridized carbons (Fsp3) is 0.375. The minimum absolute atomic E-state index is 0.187. The van der Waals surface area contributed by atoms with E-state index in [1.165, 1.54) is 0 Å². The van der Waals surface area contributed by atoms with Crippen LogP contribution < -0.4 is 5.46 Å². The Morgan fingerprint density at radius 3 is 1.96 bits per heavy atom. The van der Waals surface area contributed by atoms with Crippen LogP contribution in [0.5, 0.6) is 0 Å². The van der Waals surface area contributed by atoms with Crippen LogP contribution in [0.4, 0.5) is 0 Å². The molecule has 0 aromatic heterocycles. The second-order valence-electron chi connectivity index (χ2n) is 4.82. The van der Waals surface area contributed by atoms with E-state index in [1.807, 2.05) is 12.1 Å². The normalized spacial score (nSPS) is 20.2. The molecule has 0 bridgehead atoms. The summed E-state index contributed by atoms with van der Waals surface area (Å²) in [6.45, 7) is 7.42. The molecule has 1 fully saturated rings. The zero-order valence-corrected chi connectivity index (χ0v) is 13.2. The van der Waals surface area contributed by atoms with Crippen molar-refractivity contribution in [3.63, 3.8) is 0 Å². The number of rotatable bonds is 6. The van der Waals surface area contributed by atoms with Gasteiger partial charge in [0.2, 0.25) is 0 Å². The lowest BCUT2D eigenvalue weighted by atomic mass is 9.79. The molecule has 0 amide bonds. The summed E-state index contributed by atoms with van der Waals surface area (Å²) in [4.78, 5) is 24.0. The number of benzene rings is 1. The molecule has 6 nitrogen and oxygen atoms in total. The second kappa shape index (κ2) is 7.94. The first-order chi connectivity index (χ1) is 11.1. The fourth-order valence-corrected chi connectivity index (χ4v) is 2.19. The van der Waals surface area contributed by atoms with Gasteiger partial charge >= 0.3 is 19.1 Å². The van der Waals surface area contributed by atoms with Crippen LogP contribution in [0.15, 0.2) is 30.8 Å². The zero-order chi connectivity index (χ0) is 16.8. The van der Waals surface area contributed by atoms with Crippen molar-refractivity contribution in [2.24, 2.45) is 0 Å². The van der Waals surface area contributed by atoms with E-state index >= 15 is 0 Å². The van der Waals surface area contributed by atoms with Crippen LogP contribution >= 0.6 is 0 Å². The van der Waals surface area contributed by atoms with E-state index < -0.39 is 31.3 Å². The van der Waals surface area contributed by atoms with Gasteiger partial charge in [-0.2, -0.15) is 0 Å². The van der Waals surface area contributed by atoms with Crippen molar-refractivity contribution in [2.75, 3.05) is 13.2 Å². The lowest BCUT2D eigenvalue weighted by Gasteiger charge is -2.15. The molecule has 1 aliphatic heterocycles. The maximum Gasteiger partial charge on any atom is 0.495 e. The molecule has 0 N–H and O–H groups in total. The summed E-state index contributed by atoms with van der Waals surface area (Å²) in [5, 5.41) is 0. The molecule has 7 heteroatoms. The summed E-state index contributed by atoms with van der Waals surface area (Å²) in [6, 6.07) is 7.26. The number of ether oxygens (including phenoxy) is 2. The van der Waals surface area contributed by atoms with Gasteiger partial charge in [-0.25, -0.2) is 9.59 Å². The van der Waals surface area contributed by atoms with E-state index in [1.54, 1.807) is 32.1 Å². The first-order valence-corrected chi connectivity index (χ1v) is 7.47. The Morgan fingerprint density at radius 1 is 1.09 bits per heavy atom. The highest BCUT2D eigenvalue weighted by molar-refractivity contribution is 6.62. The molecular formula is C16H19BO6. The van der Waals surface area contributed by atoms with Gasteiger partial charge in [0.05, 0.1) is 13.2 Å². The molecule has 0 unspecified atom stereocenters. The van der Waals surface area contributed by atoms with Gasteiger partial charge in [-0.3, -0.25) is 0 Å². The first kappa shape index (κ1) is 17.2. The molecule has 1 heterocycles. The number of hydrogen-bond acceptors (Lipinski definition) is 6. The Balaban J connectivity index is 2.18. The highest BCUT2D eigenvalue weighted by Crippen LogP contribution is 2.20. The van der Waals surface area contributed by atoms with Crippen molar-refractivity contribution in [1.29, 1.82) is 0 Å². The number of carbonyl (C=O) groups is 2. The molecule has 2 atom stereocenters. The van der Waals surface area contributed by atoms with Crippen LogP contribution in [0.3, 0.4) is 0 Å². The van der Waals surface area contributed by atoms with Crippen molar-refractivity contribution in [2.45, 2.75) is 26.1 Å². The Morgan fingerprint density at radius 2 is 1.57 bits per heavy atom. The minimum atomic E-state index is -1.14. The van der Waals surface area contributed by atoms with Gasteiger partial charge in [-0.15, -0.1) is 0 Å². The number of esters is 2. The van der Waals surface area contributed by atoms with Gasteiger partial charge in [0.15, 0.2) is 12.2 Å². The molecule has 0 aliphatic carbocycles. The molecule has 0 spiro atoms. The topological polar surface area (TPSA) is 71.1 Å². The largest absolute Gasteiger partial charge is 0.495 e. The minimum Gasteiger partial charge on any atom is -0.464 e. The molecule has 0 radical (unpaired) electrons. The Labute approximate surface area is 135 Å². The second-order valence-corrected chi connectivity index (χ2v) is 4.82. The van der Waals surface area contributed by atoms with Gasteiger partial charge in [0.25, 0.3) is 0 Å². The van der Waals surface area contributed by atoms with Crippen LogP contribution in [0.1, 0.15) is 19.4 Å². The third kappa shape index (κ3) is 4.00. The van der Waals surface area contributed by atoms with Gasteiger partial charge in [-0.05, 0) is 24.9 Å². The van der Waals surface area contributed by atoms with Crippen LogP contribution in [-0.4, -0.2) is 44.5 Å². The van der Waals surface area contributed by atoms with Crippen molar-refractivity contribution >= 4 is 30.6 Å². The summed E-state index contributed by atoms with van der Waals surface area (Å²) in [5.74, 6) is -1.29. The van der Waals surface area contributed by atoms with Crippen molar-refractivity contribution < 1.29 is 28.4 Å². The van der Waals surface area contributed by atoms with Crippen LogP contribution in [0.2, 0.25) is 0 Å². The van der Waals surface area contributed by atoms with E-state index in [0.717, 1.165) is 5.56 Å². The van der Waals surface area contributed by atoms with E-state index in [0.29, 0.717) is 5.46 Å². The zero-order valence-electron chi connectivity index (χ0n) is 13.2. The lowest BCUT2D eigenvalue weighted by molar-refractivity contribution is -0.163. The summed E-state index contributed by atoms with van der Waals surface area (Å²) in [5.41, 5.74) is 1.63. The third-order valence-corrected chi connectivity index (χ3v) is 3.30. The Bertz CT molecular complexity index is 544. The number of hydrogen-bond donors (Lipinski definition) is 0. The molecule has 1 aromatic rings. The predicted octanol–water partition coefficient (Wildman–Crippen LogP) is 0.935. The quantitative estimate of drug-likeness (QED) is 0.574. The van der Waals surface area contributed by atoms with Crippen molar-refractivity contribution in [3.05, 3.63) is 36.4 Å². The molecule has 122 valence electrons. The lowest BCUT2D eigenvalue weighted by Crippen LogP contribution is -2.39. The molecule has 23 heavy (non-hydrogen) atoms. The fourth-order valence-electron chi connectivity index (χ4n) is 2.19. The van der Waals surface area contributed by atoms with Gasteiger partial charge in [0.1, 0.15) is 0 Å². The Hall–Kier alpha value is -2.12. The van der Waals surface area contributed by atoms with E-state index in [4.69, 9.17) is 18.8 Å². The van der Waals surface area contributed by atoms with E-state index in [-0.39, 0.29) is 13.2 Å². The maximum absolute atomic E-state index is 12.0. The van der Waals surface area contributed by atoms with E-state index in [9.17, 15) is 9.59 Å². The average molecular weight is 318 g/mol. The predicted molar refractivity (Wildman–Crippen MR) is 84.9 cm³/mol. The van der Waals surface area contributed by atoms with Gasteiger partial charge < -0.3 is 18.8 Å². The van der Waals surface area contributed by atoms with Crippen LogP contribution in [0.25, 0.3) is 6.08 Å². The first-order valence-electron chi connectivity index (χ1n) is 7.47. The average Bonchev–Trinajstić information content (AvgIpc) is 3.01. The molecule has 1 aromatic carbocycles. The summed E-state index contributed by atoms with van der Waals surface area (Å²) in [7, 11) is -0.835. The molecule has 0 saturated carbocycles. The molecule has 1 saturated heterocycles. The van der Waals surface area contributed by atoms with Gasteiger partial charge in [-0.1, -0.05) is 36.9 Å². The molecular weight excluding hydrogens is 299 g/mol. The van der Waals surface area contributed by atoms with Crippen LogP contribution in [0, 0.1) is 0 Å². The van der Waals surface area contributed by atoms with E-state index in [2.05, 4.69) is 6.58 Å². The standard InChI is InChI=1S/C16H19BO6/c1-4-11-7-9-12(10-8-11)17-22-13(15(18)20-5-2)14(23-17)16(19)21-6-3/h4,7-10,13-14H,1,5-6H2,2-3H3/t13-,14-/m0/s1. The molecule has 2 rings (SSSR count). The Kier molecular flexibility index (Phi) is 5.95. The van der Waals surface area contributed by atoms with Gasteiger partial charge in [0, 0.05) is 0 Å². The highest BCUT2D eigenvalue weighted by Gasteiger charge is 2.49.